The second-order valence-electron chi connectivity index (χ2n) is 7.11. The molecule has 28 heavy (non-hydrogen) atoms. The first-order valence-electron chi connectivity index (χ1n) is 9.02. The first-order chi connectivity index (χ1) is 13.5. The molecular weight excluding hydrogens is 368 g/mol. The highest BCUT2D eigenvalue weighted by atomic mass is 32.2. The van der Waals surface area contributed by atoms with Crippen molar-refractivity contribution in [2.24, 2.45) is 0 Å². The highest BCUT2D eigenvalue weighted by Crippen LogP contribution is 2.32. The lowest BCUT2D eigenvalue weighted by Gasteiger charge is -2.01. The van der Waals surface area contributed by atoms with Crippen molar-refractivity contribution in [1.82, 2.24) is 0 Å². The Balaban J connectivity index is 1.76. The average molecular weight is 384 g/mol. The number of hydrogen-bond acceptors (Lipinski definition) is 4. The number of carbonyl (C=O) groups excluding carboxylic acids is 2. The summed E-state index contributed by atoms with van der Waals surface area (Å²) in [5.41, 5.74) is 5.20. The molecule has 136 valence electrons. The quantitative estimate of drug-likeness (QED) is 0.503. The molecule has 3 nitrogen and oxygen atoms in total. The fourth-order valence-corrected chi connectivity index (χ4v) is 4.61. The van der Waals surface area contributed by atoms with Crippen molar-refractivity contribution in [3.8, 4) is 5.75 Å². The molecular formula is C24H16O3S. The number of fused-ring (bicyclic) bond motifs is 2. The number of carbonyl (C=O) groups is 2. The maximum absolute atomic E-state index is 12.7. The molecule has 0 N–H and O–H groups in total. The fourth-order valence-electron chi connectivity index (χ4n) is 3.63. The van der Waals surface area contributed by atoms with Gasteiger partial charge >= 0.3 is 5.97 Å². The van der Waals surface area contributed by atoms with Crippen LogP contribution in [-0.2, 0) is 9.59 Å². The maximum Gasteiger partial charge on any atom is 0.344 e. The zero-order chi connectivity index (χ0) is 19.4. The van der Waals surface area contributed by atoms with E-state index in [1.807, 2.05) is 74.5 Å². The molecule has 3 aromatic rings. The van der Waals surface area contributed by atoms with Crippen molar-refractivity contribution in [2.45, 2.75) is 18.7 Å². The van der Waals surface area contributed by atoms with E-state index in [2.05, 4.69) is 0 Å². The van der Waals surface area contributed by atoms with Crippen LogP contribution >= 0.6 is 11.8 Å². The minimum Gasteiger partial charge on any atom is -0.422 e. The second kappa shape index (κ2) is 6.21. The predicted octanol–water partition coefficient (Wildman–Crippen LogP) is 3.25. The first-order valence-corrected chi connectivity index (χ1v) is 9.84. The monoisotopic (exact) mass is 384 g/mol. The van der Waals surface area contributed by atoms with Gasteiger partial charge < -0.3 is 4.74 Å². The maximum atomic E-state index is 12.7. The fraction of sp³-hybridized carbons (Fsp3) is 0.0833. The molecule has 0 spiro atoms. The molecule has 2 aliphatic heterocycles. The van der Waals surface area contributed by atoms with E-state index in [-0.39, 0.29) is 11.1 Å². The standard InChI is InChI=1S/C24H16O3S/c1-13-3-7-15(8-4-13)21-17-12-20-18(11-19(17)27-23(21)25)22(24(26)28-20)16-9-5-14(2)6-10-16/h3-12H,1-2H3. The molecule has 4 heteroatoms. The van der Waals surface area contributed by atoms with Crippen molar-refractivity contribution >= 4 is 34.0 Å². The Morgan fingerprint density at radius 3 is 1.89 bits per heavy atom. The summed E-state index contributed by atoms with van der Waals surface area (Å²) in [6.45, 7) is 4.02. The molecule has 0 unspecified atom stereocenters. The summed E-state index contributed by atoms with van der Waals surface area (Å²) in [7, 11) is 0. The summed E-state index contributed by atoms with van der Waals surface area (Å²) in [4.78, 5) is 26.1. The molecule has 0 aliphatic carbocycles. The summed E-state index contributed by atoms with van der Waals surface area (Å²) in [6.07, 6.45) is 0. The van der Waals surface area contributed by atoms with Gasteiger partial charge in [-0.15, -0.1) is 0 Å². The van der Waals surface area contributed by atoms with Crippen LogP contribution in [0.3, 0.4) is 0 Å². The summed E-state index contributed by atoms with van der Waals surface area (Å²) in [6, 6.07) is 19.5. The van der Waals surface area contributed by atoms with Crippen molar-refractivity contribution < 1.29 is 14.3 Å². The van der Waals surface area contributed by atoms with Crippen LogP contribution in [0.25, 0.3) is 11.1 Å². The van der Waals surface area contributed by atoms with Gasteiger partial charge in [-0.2, -0.15) is 0 Å². The van der Waals surface area contributed by atoms with E-state index in [1.165, 1.54) is 11.8 Å². The number of aryl methyl sites for hydroxylation is 2. The third-order valence-corrected chi connectivity index (χ3v) is 6.06. The van der Waals surface area contributed by atoms with Gasteiger partial charge in [0.15, 0.2) is 0 Å². The normalized spacial score (nSPS) is 14.9. The van der Waals surface area contributed by atoms with Crippen LogP contribution in [0.4, 0.5) is 0 Å². The first kappa shape index (κ1) is 17.0. The van der Waals surface area contributed by atoms with E-state index in [0.29, 0.717) is 16.9 Å². The number of hydrogen-bond donors (Lipinski definition) is 0. The largest absolute Gasteiger partial charge is 0.422 e. The van der Waals surface area contributed by atoms with E-state index in [4.69, 9.17) is 4.74 Å². The van der Waals surface area contributed by atoms with Crippen LogP contribution in [0.2, 0.25) is 0 Å². The van der Waals surface area contributed by atoms with Gasteiger partial charge in [0, 0.05) is 20.9 Å². The van der Waals surface area contributed by atoms with E-state index < -0.39 is 0 Å². The molecule has 0 bridgehead atoms. The molecule has 0 saturated heterocycles. The average Bonchev–Trinajstić information content (AvgIpc) is 3.16. The van der Waals surface area contributed by atoms with Gasteiger partial charge in [0.1, 0.15) is 5.75 Å². The highest BCUT2D eigenvalue weighted by molar-refractivity contribution is 8.15. The number of ether oxygens (including phenoxy) is 1. The molecule has 0 amide bonds. The van der Waals surface area contributed by atoms with Crippen molar-refractivity contribution in [3.05, 3.63) is 93.4 Å². The van der Waals surface area contributed by atoms with Crippen LogP contribution in [-0.4, -0.2) is 11.1 Å². The van der Waals surface area contributed by atoms with Crippen LogP contribution in [0.15, 0.2) is 65.6 Å². The zero-order valence-electron chi connectivity index (χ0n) is 15.4. The van der Waals surface area contributed by atoms with Gasteiger partial charge in [-0.05, 0) is 48.9 Å². The predicted molar refractivity (Wildman–Crippen MR) is 110 cm³/mol. The summed E-state index contributed by atoms with van der Waals surface area (Å²) >= 11 is 1.21. The zero-order valence-corrected chi connectivity index (χ0v) is 16.2. The molecule has 0 atom stereocenters. The van der Waals surface area contributed by atoms with Gasteiger partial charge in [-0.3, -0.25) is 4.79 Å². The third-order valence-electron chi connectivity index (χ3n) is 5.11. The minimum atomic E-state index is -0.351. The minimum absolute atomic E-state index is 0.0192. The molecule has 0 radical (unpaired) electrons. The van der Waals surface area contributed by atoms with Crippen molar-refractivity contribution in [1.29, 1.82) is 0 Å². The SMILES string of the molecule is Cc1ccc(C2=c3cc4c(cc3OC2=O)=C(c2ccc(C)cc2)C(=O)S4)cc1. The van der Waals surface area contributed by atoms with Crippen LogP contribution < -0.4 is 15.2 Å². The lowest BCUT2D eigenvalue weighted by Crippen LogP contribution is -2.13. The Morgan fingerprint density at radius 1 is 0.714 bits per heavy atom. The van der Waals surface area contributed by atoms with Gasteiger partial charge in [0.25, 0.3) is 0 Å². The second-order valence-corrected chi connectivity index (χ2v) is 8.12. The molecule has 2 aliphatic rings. The van der Waals surface area contributed by atoms with Crippen LogP contribution in [0.5, 0.6) is 5.75 Å². The van der Waals surface area contributed by atoms with Gasteiger partial charge in [0.2, 0.25) is 5.12 Å². The molecule has 2 heterocycles. The molecule has 5 rings (SSSR count). The Bertz CT molecular complexity index is 1180. The molecule has 0 fully saturated rings. The summed E-state index contributed by atoms with van der Waals surface area (Å²) in [5, 5.41) is 1.60. The molecule has 3 aromatic carbocycles. The Hall–Kier alpha value is -3.11. The van der Waals surface area contributed by atoms with E-state index >= 15 is 0 Å². The lowest BCUT2D eigenvalue weighted by atomic mass is 10.0. The van der Waals surface area contributed by atoms with Crippen molar-refractivity contribution in [3.63, 3.8) is 0 Å². The summed E-state index contributed by atoms with van der Waals surface area (Å²) in [5.74, 6) is 0.162. The lowest BCUT2D eigenvalue weighted by molar-refractivity contribution is -0.127. The van der Waals surface area contributed by atoms with Gasteiger partial charge in [0.05, 0.1) is 5.57 Å². The van der Waals surface area contributed by atoms with E-state index in [9.17, 15) is 9.59 Å². The number of thioether (sulfide) groups is 1. The topological polar surface area (TPSA) is 43.4 Å². The van der Waals surface area contributed by atoms with Crippen molar-refractivity contribution in [2.75, 3.05) is 0 Å². The Morgan fingerprint density at radius 2 is 1.29 bits per heavy atom. The van der Waals surface area contributed by atoms with E-state index in [1.54, 1.807) is 0 Å². The van der Waals surface area contributed by atoms with Gasteiger partial charge in [-0.1, -0.05) is 59.7 Å². The summed E-state index contributed by atoms with van der Waals surface area (Å²) < 4.78 is 5.56. The third kappa shape index (κ3) is 2.60. The molecule has 0 saturated carbocycles. The Labute approximate surface area is 166 Å². The molecule has 0 aromatic heterocycles. The van der Waals surface area contributed by atoms with Crippen LogP contribution in [0, 0.1) is 13.8 Å². The number of benzene rings is 3. The van der Waals surface area contributed by atoms with Gasteiger partial charge in [-0.25, -0.2) is 4.79 Å². The highest BCUT2D eigenvalue weighted by Gasteiger charge is 2.29. The van der Waals surface area contributed by atoms with E-state index in [0.717, 1.165) is 37.6 Å². The number of esters is 1. The smallest absolute Gasteiger partial charge is 0.344 e. The number of rotatable bonds is 2. The Kier molecular flexibility index (Phi) is 3.78. The van der Waals surface area contributed by atoms with Crippen LogP contribution in [0.1, 0.15) is 22.3 Å².